The van der Waals surface area contributed by atoms with Crippen molar-refractivity contribution in [3.8, 4) is 5.75 Å². The van der Waals surface area contributed by atoms with Crippen LogP contribution in [0.4, 0.5) is 0 Å². The van der Waals surface area contributed by atoms with Crippen LogP contribution in [0.1, 0.15) is 42.6 Å². The topological polar surface area (TPSA) is 50.7 Å². The van der Waals surface area contributed by atoms with E-state index < -0.39 is 0 Å². The summed E-state index contributed by atoms with van der Waals surface area (Å²) in [5, 5.41) is 4.80. The third kappa shape index (κ3) is 5.39. The lowest BCUT2D eigenvalue weighted by Gasteiger charge is -2.07. The third-order valence-electron chi connectivity index (χ3n) is 3.57. The molecule has 0 bridgehead atoms. The molecule has 2 aromatic rings. The van der Waals surface area contributed by atoms with E-state index >= 15 is 0 Å². The van der Waals surface area contributed by atoms with Crippen molar-refractivity contribution in [3.63, 3.8) is 0 Å². The Kier molecular flexibility index (Phi) is 6.82. The van der Waals surface area contributed by atoms with Gasteiger partial charge in [-0.2, -0.15) is 5.10 Å². The third-order valence-corrected chi connectivity index (χ3v) is 3.82. The molecule has 24 heavy (non-hydrogen) atoms. The Morgan fingerprint density at radius 2 is 1.67 bits per heavy atom. The average molecular weight is 345 g/mol. The highest BCUT2D eigenvalue weighted by atomic mass is 35.5. The lowest BCUT2D eigenvalue weighted by Crippen LogP contribution is -2.19. The van der Waals surface area contributed by atoms with E-state index in [0.717, 1.165) is 29.9 Å². The Bertz CT molecular complexity index is 688. The van der Waals surface area contributed by atoms with Gasteiger partial charge in [-0.15, -0.1) is 0 Å². The first-order chi connectivity index (χ1) is 11.6. The molecule has 0 aliphatic carbocycles. The molecule has 1 N–H and O–H groups in total. The highest BCUT2D eigenvalue weighted by molar-refractivity contribution is 6.30. The number of carbonyl (C=O) groups is 1. The zero-order valence-electron chi connectivity index (χ0n) is 13.9. The predicted molar refractivity (Wildman–Crippen MR) is 97.7 cm³/mol. The average Bonchev–Trinajstić information content (AvgIpc) is 2.62. The Labute approximate surface area is 147 Å². The van der Waals surface area contributed by atoms with Gasteiger partial charge >= 0.3 is 0 Å². The maximum absolute atomic E-state index is 12.0. The van der Waals surface area contributed by atoms with Crippen molar-refractivity contribution >= 4 is 23.2 Å². The van der Waals surface area contributed by atoms with Crippen molar-refractivity contribution in [2.75, 3.05) is 0 Å². The second kappa shape index (κ2) is 9.08. The van der Waals surface area contributed by atoms with E-state index in [1.807, 2.05) is 38.1 Å². The Balaban J connectivity index is 1.91. The summed E-state index contributed by atoms with van der Waals surface area (Å²) >= 11 is 5.84. The number of hydrogen-bond acceptors (Lipinski definition) is 3. The van der Waals surface area contributed by atoms with E-state index in [0.29, 0.717) is 17.2 Å². The van der Waals surface area contributed by atoms with E-state index in [2.05, 4.69) is 10.5 Å². The van der Waals surface area contributed by atoms with E-state index in [1.165, 1.54) is 0 Å². The SMILES string of the molecule is CCC(CC)=NNC(=O)c1ccc(COc2ccc(Cl)cc2)cc1. The second-order valence-corrected chi connectivity index (χ2v) is 5.70. The first-order valence-corrected chi connectivity index (χ1v) is 8.33. The Hall–Kier alpha value is -2.33. The number of benzene rings is 2. The zero-order valence-corrected chi connectivity index (χ0v) is 14.6. The minimum Gasteiger partial charge on any atom is -0.489 e. The van der Waals surface area contributed by atoms with Gasteiger partial charge in [-0.25, -0.2) is 5.43 Å². The fourth-order valence-electron chi connectivity index (χ4n) is 2.05. The van der Waals surface area contributed by atoms with E-state index in [-0.39, 0.29) is 5.91 Å². The molecule has 0 radical (unpaired) electrons. The van der Waals surface area contributed by atoms with Crippen LogP contribution in [0.3, 0.4) is 0 Å². The van der Waals surface area contributed by atoms with Gasteiger partial charge in [0.05, 0.1) is 0 Å². The number of rotatable bonds is 7. The first-order valence-electron chi connectivity index (χ1n) is 7.95. The molecule has 0 saturated heterocycles. The van der Waals surface area contributed by atoms with Crippen molar-refractivity contribution in [1.82, 2.24) is 5.43 Å². The smallest absolute Gasteiger partial charge is 0.271 e. The standard InChI is InChI=1S/C19H21ClN2O2/c1-3-17(4-2)21-22-19(23)15-7-5-14(6-8-15)13-24-18-11-9-16(20)10-12-18/h5-12H,3-4,13H2,1-2H3,(H,22,23). The molecular weight excluding hydrogens is 324 g/mol. The highest BCUT2D eigenvalue weighted by Gasteiger charge is 2.05. The van der Waals surface area contributed by atoms with Crippen molar-refractivity contribution < 1.29 is 9.53 Å². The molecular formula is C19H21ClN2O2. The first kappa shape index (κ1) is 18.0. The number of carbonyl (C=O) groups excluding carboxylic acids is 1. The van der Waals surface area contributed by atoms with E-state index in [4.69, 9.17) is 16.3 Å². The summed E-state index contributed by atoms with van der Waals surface area (Å²) in [6.07, 6.45) is 1.66. The molecule has 5 heteroatoms. The van der Waals surface area contributed by atoms with Gasteiger partial charge in [0.2, 0.25) is 0 Å². The minimum absolute atomic E-state index is 0.209. The van der Waals surface area contributed by atoms with Crippen LogP contribution in [0.5, 0.6) is 5.75 Å². The van der Waals surface area contributed by atoms with Crippen LogP contribution in [0.15, 0.2) is 53.6 Å². The van der Waals surface area contributed by atoms with E-state index in [9.17, 15) is 4.79 Å². The number of halogens is 1. The normalized spacial score (nSPS) is 10.1. The molecule has 0 atom stereocenters. The number of hydrogen-bond donors (Lipinski definition) is 1. The van der Waals surface area contributed by atoms with Crippen LogP contribution in [0, 0.1) is 0 Å². The monoisotopic (exact) mass is 344 g/mol. The summed E-state index contributed by atoms with van der Waals surface area (Å²) in [5.41, 5.74) is 5.11. The maximum Gasteiger partial charge on any atom is 0.271 e. The fourth-order valence-corrected chi connectivity index (χ4v) is 2.18. The van der Waals surface area contributed by atoms with Crippen LogP contribution in [-0.4, -0.2) is 11.6 Å². The molecule has 2 aromatic carbocycles. The van der Waals surface area contributed by atoms with Crippen molar-refractivity contribution in [2.45, 2.75) is 33.3 Å². The summed E-state index contributed by atoms with van der Waals surface area (Å²) in [4.78, 5) is 12.0. The molecule has 126 valence electrons. The molecule has 0 saturated carbocycles. The van der Waals surface area contributed by atoms with Crippen LogP contribution in [0.2, 0.25) is 5.02 Å². The quantitative estimate of drug-likeness (QED) is 0.578. The summed E-state index contributed by atoms with van der Waals surface area (Å²) < 4.78 is 5.67. The van der Waals surface area contributed by atoms with E-state index in [1.54, 1.807) is 24.3 Å². The maximum atomic E-state index is 12.0. The number of hydrazone groups is 1. The van der Waals surface area contributed by atoms with Gasteiger partial charge in [0, 0.05) is 16.3 Å². The zero-order chi connectivity index (χ0) is 17.4. The van der Waals surface area contributed by atoms with Crippen molar-refractivity contribution in [2.24, 2.45) is 5.10 Å². The van der Waals surface area contributed by atoms with Crippen LogP contribution in [-0.2, 0) is 6.61 Å². The van der Waals surface area contributed by atoms with Gasteiger partial charge in [0.25, 0.3) is 5.91 Å². The van der Waals surface area contributed by atoms with Crippen molar-refractivity contribution in [1.29, 1.82) is 0 Å². The molecule has 0 aromatic heterocycles. The summed E-state index contributed by atoms with van der Waals surface area (Å²) in [7, 11) is 0. The highest BCUT2D eigenvalue weighted by Crippen LogP contribution is 2.17. The fraction of sp³-hybridized carbons (Fsp3) is 0.263. The Morgan fingerprint density at radius 3 is 2.25 bits per heavy atom. The molecule has 4 nitrogen and oxygen atoms in total. The lowest BCUT2D eigenvalue weighted by atomic mass is 10.1. The summed E-state index contributed by atoms with van der Waals surface area (Å²) in [6.45, 7) is 4.46. The largest absolute Gasteiger partial charge is 0.489 e. The van der Waals surface area contributed by atoms with Gasteiger partial charge in [-0.1, -0.05) is 37.6 Å². The minimum atomic E-state index is -0.209. The second-order valence-electron chi connectivity index (χ2n) is 5.27. The van der Waals surface area contributed by atoms with Gasteiger partial charge in [-0.3, -0.25) is 4.79 Å². The van der Waals surface area contributed by atoms with Gasteiger partial charge in [-0.05, 0) is 54.8 Å². The summed E-state index contributed by atoms with van der Waals surface area (Å²) in [5.74, 6) is 0.543. The molecule has 0 fully saturated rings. The Morgan fingerprint density at radius 1 is 1.04 bits per heavy atom. The van der Waals surface area contributed by atoms with Crippen LogP contribution in [0.25, 0.3) is 0 Å². The molecule has 0 aliphatic rings. The molecule has 2 rings (SSSR count). The molecule has 0 unspecified atom stereocenters. The number of amides is 1. The number of nitrogens with one attached hydrogen (secondary N) is 1. The summed E-state index contributed by atoms with van der Waals surface area (Å²) in [6, 6.07) is 14.5. The van der Waals surface area contributed by atoms with Gasteiger partial charge < -0.3 is 4.74 Å². The predicted octanol–water partition coefficient (Wildman–Crippen LogP) is 4.82. The van der Waals surface area contributed by atoms with Crippen molar-refractivity contribution in [3.05, 3.63) is 64.7 Å². The number of ether oxygens (including phenoxy) is 1. The van der Waals surface area contributed by atoms with Crippen LogP contribution >= 0.6 is 11.6 Å². The molecule has 0 spiro atoms. The molecule has 1 amide bonds. The lowest BCUT2D eigenvalue weighted by molar-refractivity contribution is 0.0954. The molecule has 0 heterocycles. The van der Waals surface area contributed by atoms with Gasteiger partial charge in [0.1, 0.15) is 12.4 Å². The molecule has 0 aliphatic heterocycles. The number of nitrogens with zero attached hydrogens (tertiary/aromatic N) is 1. The van der Waals surface area contributed by atoms with Crippen LogP contribution < -0.4 is 10.2 Å². The van der Waals surface area contributed by atoms with Gasteiger partial charge in [0.15, 0.2) is 0 Å².